The lowest BCUT2D eigenvalue weighted by atomic mass is 10.1. The fraction of sp³-hybridized carbons (Fsp3) is 0.448. The van der Waals surface area contributed by atoms with Crippen molar-refractivity contribution in [3.05, 3.63) is 97.7 Å². The van der Waals surface area contributed by atoms with Crippen molar-refractivity contribution >= 4 is 0 Å². The molecule has 0 saturated heterocycles. The van der Waals surface area contributed by atoms with E-state index < -0.39 is 0 Å². The summed E-state index contributed by atoms with van der Waals surface area (Å²) in [5.41, 5.74) is 0. The Morgan fingerprint density at radius 2 is 0.759 bits per heavy atom. The Hall–Kier alpha value is -2.08. The fourth-order valence-electron chi connectivity index (χ4n) is 2.87. The van der Waals surface area contributed by atoms with Crippen LogP contribution in [0.4, 0.5) is 0 Å². The zero-order chi connectivity index (χ0) is 21.1. The molecule has 1 radical (unpaired) electrons. The van der Waals surface area contributed by atoms with Gasteiger partial charge < -0.3 is 0 Å². The van der Waals surface area contributed by atoms with Crippen molar-refractivity contribution in [1.82, 2.24) is 0 Å². The highest BCUT2D eigenvalue weighted by atomic mass is 14.0. The van der Waals surface area contributed by atoms with E-state index in [4.69, 9.17) is 6.58 Å². The van der Waals surface area contributed by atoms with Gasteiger partial charge in [-0.15, -0.1) is 0 Å². The van der Waals surface area contributed by atoms with Crippen molar-refractivity contribution in [2.45, 2.75) is 84.0 Å². The summed E-state index contributed by atoms with van der Waals surface area (Å²) in [5, 5.41) is 0. The highest BCUT2D eigenvalue weighted by molar-refractivity contribution is 5.20. The highest BCUT2D eigenvalue weighted by Gasteiger charge is 1.92. The van der Waals surface area contributed by atoms with Gasteiger partial charge in [0.25, 0.3) is 0 Å². The minimum Gasteiger partial charge on any atom is -0.0845 e. The van der Waals surface area contributed by atoms with Crippen LogP contribution >= 0.6 is 0 Å². The Kier molecular flexibility index (Phi) is 24.1. The van der Waals surface area contributed by atoms with E-state index in [0.29, 0.717) is 0 Å². The molecule has 0 heteroatoms. The van der Waals surface area contributed by atoms with Gasteiger partial charge in [-0.2, -0.15) is 0 Å². The van der Waals surface area contributed by atoms with Gasteiger partial charge in [-0.05, 0) is 12.8 Å². The Morgan fingerprint density at radius 1 is 0.414 bits per heavy atom. The highest BCUT2D eigenvalue weighted by Crippen LogP contribution is 2.11. The predicted molar refractivity (Wildman–Crippen MR) is 134 cm³/mol. The summed E-state index contributed by atoms with van der Waals surface area (Å²) < 4.78 is 0. The van der Waals surface area contributed by atoms with E-state index in [0.717, 1.165) is 0 Å². The molecule has 0 aromatic rings. The number of unbranched alkanes of at least 4 members (excludes halogenated alkanes) is 11. The quantitative estimate of drug-likeness (QED) is 0.152. The summed E-state index contributed by atoms with van der Waals surface area (Å²) in [6.07, 6.45) is 46.5. The average Bonchev–Trinajstić information content (AvgIpc) is 2.74. The molecule has 0 aliphatic heterocycles. The van der Waals surface area contributed by atoms with Crippen LogP contribution in [0.5, 0.6) is 0 Å². The molecule has 0 spiro atoms. The van der Waals surface area contributed by atoms with Gasteiger partial charge in [0.05, 0.1) is 0 Å². The molecular weight excluding hydrogens is 348 g/mol. The van der Waals surface area contributed by atoms with E-state index in [-0.39, 0.29) is 0 Å². The maximum atomic E-state index is 5.23. The zero-order valence-electron chi connectivity index (χ0n) is 18.7. The smallest absolute Gasteiger partial charge is 0.0348 e. The summed E-state index contributed by atoms with van der Waals surface area (Å²) in [6.45, 7) is 7.52. The van der Waals surface area contributed by atoms with Gasteiger partial charge in [-0.1, -0.05) is 169 Å². The van der Waals surface area contributed by atoms with Gasteiger partial charge in [0, 0.05) is 0 Å². The Labute approximate surface area is 181 Å². The minimum absolute atomic E-state index is 1.20. The molecule has 0 fully saturated rings. The molecule has 0 saturated carbocycles. The van der Waals surface area contributed by atoms with Crippen LogP contribution in [0.15, 0.2) is 91.1 Å². The van der Waals surface area contributed by atoms with Gasteiger partial charge in [-0.3, -0.25) is 0 Å². The third kappa shape index (κ3) is 25.9. The summed E-state index contributed by atoms with van der Waals surface area (Å²) in [7, 11) is 0. The van der Waals surface area contributed by atoms with Crippen molar-refractivity contribution in [2.24, 2.45) is 0 Å². The maximum absolute atomic E-state index is 5.23. The molecule has 0 bridgehead atoms. The molecule has 0 aliphatic carbocycles. The lowest BCUT2D eigenvalue weighted by Crippen LogP contribution is -1.81. The molecule has 0 heterocycles. The monoisotopic (exact) mass is 391 g/mol. The van der Waals surface area contributed by atoms with E-state index in [1.807, 2.05) is 54.7 Å². The standard InChI is InChI=1S/C29H43/c1-3-5-7-9-11-13-15-17-19-21-23-25-27-29-28-26-24-22-20-18-16-14-12-10-8-6-4-2/h1,3,5,7,9,11,13,15,17,19,21,23,25,27-29H,4,6,8,10,12,14,16,18,20,22,24,26H2,2H3. The van der Waals surface area contributed by atoms with Crippen LogP contribution in [0.3, 0.4) is 0 Å². The molecule has 159 valence electrons. The van der Waals surface area contributed by atoms with Crippen LogP contribution in [-0.2, 0) is 0 Å². The molecule has 29 heavy (non-hydrogen) atoms. The van der Waals surface area contributed by atoms with Crippen molar-refractivity contribution in [3.63, 3.8) is 0 Å². The van der Waals surface area contributed by atoms with E-state index in [1.54, 1.807) is 6.08 Å². The lowest BCUT2D eigenvalue weighted by Gasteiger charge is -2.01. The summed E-state index contributed by atoms with van der Waals surface area (Å²) in [4.78, 5) is 0. The summed E-state index contributed by atoms with van der Waals surface area (Å²) in [6, 6.07) is 0. The van der Waals surface area contributed by atoms with Crippen molar-refractivity contribution < 1.29 is 0 Å². The summed E-state index contributed by atoms with van der Waals surface area (Å²) >= 11 is 0. The molecule has 0 amide bonds. The second-order valence-corrected chi connectivity index (χ2v) is 7.25. The Morgan fingerprint density at radius 3 is 1.17 bits per heavy atom. The molecule has 0 aromatic carbocycles. The first kappa shape index (κ1) is 26.9. The third-order valence-electron chi connectivity index (χ3n) is 4.55. The van der Waals surface area contributed by atoms with E-state index in [9.17, 15) is 0 Å². The molecule has 0 atom stereocenters. The van der Waals surface area contributed by atoms with E-state index >= 15 is 0 Å². The third-order valence-corrected chi connectivity index (χ3v) is 4.55. The van der Waals surface area contributed by atoms with Crippen LogP contribution in [0.1, 0.15) is 84.0 Å². The SMILES string of the molecule is [CH]=CC=CC=CC=CC=CC=CC=CC=CCCCCCCCCCCCCC. The van der Waals surface area contributed by atoms with Gasteiger partial charge >= 0.3 is 0 Å². The van der Waals surface area contributed by atoms with Gasteiger partial charge in [0.15, 0.2) is 0 Å². The molecule has 0 rings (SSSR count). The largest absolute Gasteiger partial charge is 0.0845 e. The van der Waals surface area contributed by atoms with Crippen LogP contribution in [0, 0.1) is 6.58 Å². The molecule has 0 unspecified atom stereocenters. The van der Waals surface area contributed by atoms with Crippen LogP contribution < -0.4 is 0 Å². The summed E-state index contributed by atoms with van der Waals surface area (Å²) in [5.74, 6) is 0. The maximum Gasteiger partial charge on any atom is -0.0348 e. The van der Waals surface area contributed by atoms with E-state index in [2.05, 4.69) is 31.2 Å². The first-order chi connectivity index (χ1) is 14.4. The van der Waals surface area contributed by atoms with Gasteiger partial charge in [0.1, 0.15) is 0 Å². The van der Waals surface area contributed by atoms with Crippen molar-refractivity contribution in [1.29, 1.82) is 0 Å². The lowest BCUT2D eigenvalue weighted by molar-refractivity contribution is 0.550. The molecule has 0 nitrogen and oxygen atoms in total. The van der Waals surface area contributed by atoms with Crippen LogP contribution in [0.25, 0.3) is 0 Å². The molecular formula is C29H43. The number of allylic oxidation sites excluding steroid dienone is 15. The second kappa shape index (κ2) is 25.9. The Bertz CT molecular complexity index is 534. The molecule has 0 aliphatic rings. The first-order valence-corrected chi connectivity index (χ1v) is 11.6. The normalized spacial score (nSPS) is 13.1. The number of rotatable bonds is 19. The fourth-order valence-corrected chi connectivity index (χ4v) is 2.87. The zero-order valence-corrected chi connectivity index (χ0v) is 18.7. The topological polar surface area (TPSA) is 0 Å². The average molecular weight is 392 g/mol. The van der Waals surface area contributed by atoms with Crippen molar-refractivity contribution in [3.8, 4) is 0 Å². The second-order valence-electron chi connectivity index (χ2n) is 7.25. The predicted octanol–water partition coefficient (Wildman–Crippen LogP) is 9.57. The van der Waals surface area contributed by atoms with Crippen molar-refractivity contribution in [2.75, 3.05) is 0 Å². The number of hydrogen-bond donors (Lipinski definition) is 0. The molecule has 0 N–H and O–H groups in total. The van der Waals surface area contributed by atoms with Gasteiger partial charge in [-0.25, -0.2) is 0 Å². The Balaban J connectivity index is 3.48. The minimum atomic E-state index is 1.20. The van der Waals surface area contributed by atoms with Crippen LogP contribution in [-0.4, -0.2) is 0 Å². The number of hydrogen-bond acceptors (Lipinski definition) is 0. The first-order valence-electron chi connectivity index (χ1n) is 11.6. The van der Waals surface area contributed by atoms with Crippen LogP contribution in [0.2, 0.25) is 0 Å². The molecule has 0 aromatic heterocycles. The van der Waals surface area contributed by atoms with E-state index in [1.165, 1.54) is 83.1 Å². The van der Waals surface area contributed by atoms with Gasteiger partial charge in [0.2, 0.25) is 0 Å².